The van der Waals surface area contributed by atoms with Crippen molar-refractivity contribution in [3.63, 3.8) is 0 Å². The summed E-state index contributed by atoms with van der Waals surface area (Å²) in [5.41, 5.74) is -1.24. The van der Waals surface area contributed by atoms with Gasteiger partial charge in [-0.2, -0.15) is 0 Å². The third-order valence-electron chi connectivity index (χ3n) is 2.10. The van der Waals surface area contributed by atoms with E-state index in [9.17, 15) is 4.79 Å². The molecule has 0 aliphatic rings. The van der Waals surface area contributed by atoms with Crippen LogP contribution in [0.15, 0.2) is 0 Å². The van der Waals surface area contributed by atoms with E-state index in [0.717, 1.165) is 0 Å². The largest absolute Gasteiger partial charge is 0.480 e. The SMILES string of the molecule is CCPN(CC(=O)O)C(CO)(CO)CO. The number of hydrogen-bond acceptors (Lipinski definition) is 5. The van der Waals surface area contributed by atoms with Crippen LogP contribution in [0.25, 0.3) is 0 Å². The molecule has 0 amide bonds. The molecule has 0 fully saturated rings. The van der Waals surface area contributed by atoms with Gasteiger partial charge in [0, 0.05) is 0 Å². The standard InChI is InChI=1S/C8H18NO5P/c1-2-15-9(3-7(13)14)8(4-10,5-11)6-12/h10-12,15H,2-6H2,1H3,(H,13,14). The first-order chi connectivity index (χ1) is 7.06. The van der Waals surface area contributed by atoms with Gasteiger partial charge in [-0.25, -0.2) is 0 Å². The molecule has 0 aromatic carbocycles. The maximum absolute atomic E-state index is 10.6. The Morgan fingerprint density at radius 3 is 2.00 bits per heavy atom. The molecule has 6 nitrogen and oxygen atoms in total. The zero-order valence-electron chi connectivity index (χ0n) is 8.68. The van der Waals surface area contributed by atoms with Crippen LogP contribution in [0.1, 0.15) is 6.92 Å². The van der Waals surface area contributed by atoms with E-state index in [1.165, 1.54) is 4.67 Å². The second-order valence-corrected chi connectivity index (χ2v) is 4.75. The van der Waals surface area contributed by atoms with E-state index >= 15 is 0 Å². The molecule has 1 unspecified atom stereocenters. The minimum Gasteiger partial charge on any atom is -0.480 e. The van der Waals surface area contributed by atoms with Crippen molar-refractivity contribution in [2.24, 2.45) is 0 Å². The number of rotatable bonds is 8. The van der Waals surface area contributed by atoms with Crippen LogP contribution < -0.4 is 0 Å². The lowest BCUT2D eigenvalue weighted by Gasteiger charge is -2.38. The fourth-order valence-corrected chi connectivity index (χ4v) is 2.30. The number of hydrogen-bond donors (Lipinski definition) is 4. The van der Waals surface area contributed by atoms with E-state index in [0.29, 0.717) is 6.16 Å². The summed E-state index contributed by atoms with van der Waals surface area (Å²) in [7, 11) is 0.143. The lowest BCUT2D eigenvalue weighted by atomic mass is 10.0. The molecule has 0 aromatic heterocycles. The van der Waals surface area contributed by atoms with E-state index in [1.807, 2.05) is 6.92 Å². The molecule has 90 valence electrons. The van der Waals surface area contributed by atoms with Crippen molar-refractivity contribution in [2.45, 2.75) is 12.5 Å². The van der Waals surface area contributed by atoms with E-state index in [1.54, 1.807) is 0 Å². The highest BCUT2D eigenvalue weighted by Gasteiger charge is 2.36. The van der Waals surface area contributed by atoms with Crippen molar-refractivity contribution in [3.8, 4) is 0 Å². The third kappa shape index (κ3) is 4.01. The Balaban J connectivity index is 4.73. The molecule has 7 heteroatoms. The van der Waals surface area contributed by atoms with Gasteiger partial charge in [0.2, 0.25) is 0 Å². The number of carbonyl (C=O) groups is 1. The molecular weight excluding hydrogens is 221 g/mol. The Kier molecular flexibility index (Phi) is 6.96. The summed E-state index contributed by atoms with van der Waals surface area (Å²) in [5.74, 6) is -1.05. The predicted octanol–water partition coefficient (Wildman–Crippen LogP) is -1.30. The molecule has 0 spiro atoms. The van der Waals surface area contributed by atoms with Crippen molar-refractivity contribution >= 4 is 14.7 Å². The molecule has 0 rings (SSSR count). The second kappa shape index (κ2) is 7.09. The summed E-state index contributed by atoms with van der Waals surface area (Å²) >= 11 is 0. The highest BCUT2D eigenvalue weighted by molar-refractivity contribution is 7.35. The highest BCUT2D eigenvalue weighted by Crippen LogP contribution is 2.27. The molecular formula is C8H18NO5P. The van der Waals surface area contributed by atoms with Crippen LogP contribution in [0.4, 0.5) is 0 Å². The van der Waals surface area contributed by atoms with E-state index in [-0.39, 0.29) is 15.3 Å². The van der Waals surface area contributed by atoms with Gasteiger partial charge >= 0.3 is 5.97 Å². The Labute approximate surface area is 90.4 Å². The van der Waals surface area contributed by atoms with Gasteiger partial charge in [-0.05, 0) is 14.9 Å². The van der Waals surface area contributed by atoms with Gasteiger partial charge in [-0.1, -0.05) is 6.92 Å². The van der Waals surface area contributed by atoms with E-state index in [4.69, 9.17) is 20.4 Å². The summed E-state index contributed by atoms with van der Waals surface area (Å²) in [6, 6.07) is 0. The lowest BCUT2D eigenvalue weighted by Crippen LogP contribution is -2.55. The van der Waals surface area contributed by atoms with Crippen molar-refractivity contribution in [2.75, 3.05) is 32.5 Å². The summed E-state index contributed by atoms with van der Waals surface area (Å²) in [5, 5.41) is 36.1. The number of aliphatic hydroxyl groups excluding tert-OH is 3. The summed E-state index contributed by atoms with van der Waals surface area (Å²) in [6.45, 7) is 0.152. The maximum atomic E-state index is 10.6. The van der Waals surface area contributed by atoms with Gasteiger partial charge in [-0.3, -0.25) is 9.46 Å². The molecule has 0 radical (unpaired) electrons. The van der Waals surface area contributed by atoms with Crippen LogP contribution in [0, 0.1) is 0 Å². The quantitative estimate of drug-likeness (QED) is 0.393. The fraction of sp³-hybridized carbons (Fsp3) is 0.875. The normalized spacial score (nSPS) is 12.9. The Bertz CT molecular complexity index is 189. The molecule has 0 aromatic rings. The van der Waals surface area contributed by atoms with Gasteiger partial charge in [0.15, 0.2) is 0 Å². The maximum Gasteiger partial charge on any atom is 0.318 e. The highest BCUT2D eigenvalue weighted by atomic mass is 31.1. The smallest absolute Gasteiger partial charge is 0.318 e. The Hall–Kier alpha value is -0.260. The van der Waals surface area contributed by atoms with Crippen LogP contribution in [0.2, 0.25) is 0 Å². The average molecular weight is 239 g/mol. The number of aliphatic hydroxyl groups is 3. The van der Waals surface area contributed by atoms with Crippen molar-refractivity contribution in [1.82, 2.24) is 4.67 Å². The summed E-state index contributed by atoms with van der Waals surface area (Å²) in [4.78, 5) is 10.6. The molecule has 0 bridgehead atoms. The van der Waals surface area contributed by atoms with Crippen molar-refractivity contribution in [3.05, 3.63) is 0 Å². The minimum atomic E-state index is -1.24. The van der Waals surface area contributed by atoms with Gasteiger partial charge in [-0.15, -0.1) is 0 Å². The number of carboxylic acid groups (broad SMARTS) is 1. The molecule has 1 atom stereocenters. The van der Waals surface area contributed by atoms with Crippen LogP contribution >= 0.6 is 8.73 Å². The number of nitrogens with zero attached hydrogens (tertiary/aromatic N) is 1. The van der Waals surface area contributed by atoms with Crippen molar-refractivity contribution in [1.29, 1.82) is 0 Å². The first-order valence-electron chi connectivity index (χ1n) is 4.61. The average Bonchev–Trinajstić information content (AvgIpc) is 2.21. The second-order valence-electron chi connectivity index (χ2n) is 3.19. The number of carboxylic acids is 1. The molecule has 0 saturated carbocycles. The molecule has 4 N–H and O–H groups in total. The zero-order valence-corrected chi connectivity index (χ0v) is 9.68. The summed E-state index contributed by atoms with van der Waals surface area (Å²) < 4.78 is 1.41. The topological polar surface area (TPSA) is 101 Å². The minimum absolute atomic E-state index is 0.143. The molecule has 0 saturated heterocycles. The van der Waals surface area contributed by atoms with Gasteiger partial charge in [0.1, 0.15) is 6.54 Å². The van der Waals surface area contributed by atoms with Crippen LogP contribution in [0.3, 0.4) is 0 Å². The van der Waals surface area contributed by atoms with Gasteiger partial charge in [0.05, 0.1) is 25.4 Å². The number of aliphatic carboxylic acids is 1. The Morgan fingerprint density at radius 1 is 1.27 bits per heavy atom. The molecule has 15 heavy (non-hydrogen) atoms. The zero-order chi connectivity index (χ0) is 11.9. The van der Waals surface area contributed by atoms with E-state index < -0.39 is 31.3 Å². The van der Waals surface area contributed by atoms with Gasteiger partial charge in [0.25, 0.3) is 0 Å². The lowest BCUT2D eigenvalue weighted by molar-refractivity contribution is -0.139. The summed E-state index contributed by atoms with van der Waals surface area (Å²) in [6.07, 6.45) is 0.703. The van der Waals surface area contributed by atoms with Crippen molar-refractivity contribution < 1.29 is 25.2 Å². The predicted molar refractivity (Wildman–Crippen MR) is 57.2 cm³/mol. The van der Waals surface area contributed by atoms with Crippen LogP contribution in [-0.2, 0) is 4.79 Å². The first kappa shape index (κ1) is 14.7. The molecule has 0 aliphatic heterocycles. The van der Waals surface area contributed by atoms with Gasteiger partial charge < -0.3 is 20.4 Å². The molecule has 0 heterocycles. The van der Waals surface area contributed by atoms with E-state index in [2.05, 4.69) is 0 Å². The third-order valence-corrected chi connectivity index (χ3v) is 3.43. The first-order valence-corrected chi connectivity index (χ1v) is 5.77. The Morgan fingerprint density at radius 2 is 1.73 bits per heavy atom. The monoisotopic (exact) mass is 239 g/mol. The fourth-order valence-electron chi connectivity index (χ4n) is 1.12. The molecule has 0 aliphatic carbocycles. The van der Waals surface area contributed by atoms with Crippen LogP contribution in [-0.4, -0.2) is 69.1 Å². The van der Waals surface area contributed by atoms with Crippen LogP contribution in [0.5, 0.6) is 0 Å².